The summed E-state index contributed by atoms with van der Waals surface area (Å²) in [6.07, 6.45) is 0.550. The molecular formula is C15H23NO4. The van der Waals surface area contributed by atoms with E-state index in [-0.39, 0.29) is 12.0 Å². The molecule has 0 heterocycles. The topological polar surface area (TPSA) is 56.8 Å². The van der Waals surface area contributed by atoms with E-state index in [9.17, 15) is 4.79 Å². The predicted molar refractivity (Wildman–Crippen MR) is 77.2 cm³/mol. The number of benzene rings is 1. The molecule has 0 aliphatic heterocycles. The van der Waals surface area contributed by atoms with Crippen LogP contribution in [0.15, 0.2) is 24.3 Å². The second-order valence-corrected chi connectivity index (χ2v) is 4.14. The van der Waals surface area contributed by atoms with Crippen molar-refractivity contribution >= 4 is 5.97 Å². The molecule has 1 N–H and O–H groups in total. The fraction of sp³-hybridized carbons (Fsp3) is 0.533. The normalized spacial score (nSPS) is 11.8. The van der Waals surface area contributed by atoms with E-state index in [0.29, 0.717) is 26.2 Å². The summed E-state index contributed by atoms with van der Waals surface area (Å²) < 4.78 is 16.0. The molecule has 0 aromatic heterocycles. The summed E-state index contributed by atoms with van der Waals surface area (Å²) in [7, 11) is 1.73. The van der Waals surface area contributed by atoms with Gasteiger partial charge in [0, 0.05) is 12.5 Å². The van der Waals surface area contributed by atoms with Gasteiger partial charge in [0.2, 0.25) is 0 Å². The number of hydrogen-bond acceptors (Lipinski definition) is 5. The number of esters is 1. The maximum absolute atomic E-state index is 11.6. The van der Waals surface area contributed by atoms with Gasteiger partial charge in [0.05, 0.1) is 19.8 Å². The standard InChI is InChI=1S/C15H23NO4/c1-4-18-12-7-6-8-13(11-12)20-10-9-14(16-3)15(17)19-5-2/h6-8,11,14,16H,4-5,9-10H2,1-3H3. The number of likely N-dealkylation sites (N-methyl/N-ethyl adjacent to an activating group) is 1. The van der Waals surface area contributed by atoms with Crippen molar-refractivity contribution in [3.63, 3.8) is 0 Å². The molecule has 0 amide bonds. The lowest BCUT2D eigenvalue weighted by Gasteiger charge is -2.15. The van der Waals surface area contributed by atoms with Gasteiger partial charge in [-0.25, -0.2) is 0 Å². The number of ether oxygens (including phenoxy) is 3. The minimum Gasteiger partial charge on any atom is -0.494 e. The Morgan fingerprint density at radius 1 is 1.20 bits per heavy atom. The van der Waals surface area contributed by atoms with E-state index in [1.165, 1.54) is 0 Å². The van der Waals surface area contributed by atoms with Gasteiger partial charge in [-0.1, -0.05) is 6.07 Å². The minimum absolute atomic E-state index is 0.248. The van der Waals surface area contributed by atoms with E-state index >= 15 is 0 Å². The first-order valence-corrected chi connectivity index (χ1v) is 6.90. The molecule has 1 atom stereocenters. The summed E-state index contributed by atoms with van der Waals surface area (Å²) in [4.78, 5) is 11.6. The smallest absolute Gasteiger partial charge is 0.323 e. The van der Waals surface area contributed by atoms with Crippen LogP contribution in [-0.2, 0) is 9.53 Å². The van der Waals surface area contributed by atoms with E-state index in [2.05, 4.69) is 5.32 Å². The third kappa shape index (κ3) is 5.48. The molecule has 0 spiro atoms. The zero-order chi connectivity index (χ0) is 14.8. The number of carbonyl (C=O) groups excluding carboxylic acids is 1. The molecule has 1 aromatic carbocycles. The van der Waals surface area contributed by atoms with Crippen molar-refractivity contribution in [3.8, 4) is 11.5 Å². The molecule has 0 bridgehead atoms. The summed E-state index contributed by atoms with van der Waals surface area (Å²) >= 11 is 0. The second-order valence-electron chi connectivity index (χ2n) is 4.14. The Kier molecular flexibility index (Phi) is 7.50. The monoisotopic (exact) mass is 281 g/mol. The van der Waals surface area contributed by atoms with Gasteiger partial charge in [0.15, 0.2) is 0 Å². The number of carbonyl (C=O) groups is 1. The Morgan fingerprint density at radius 3 is 2.50 bits per heavy atom. The van der Waals surface area contributed by atoms with Crippen molar-refractivity contribution in [1.82, 2.24) is 5.32 Å². The van der Waals surface area contributed by atoms with Crippen molar-refractivity contribution in [2.45, 2.75) is 26.3 Å². The van der Waals surface area contributed by atoms with Gasteiger partial charge in [0.25, 0.3) is 0 Å². The third-order valence-corrected chi connectivity index (χ3v) is 2.71. The van der Waals surface area contributed by atoms with Crippen LogP contribution in [0.4, 0.5) is 0 Å². The van der Waals surface area contributed by atoms with Crippen molar-refractivity contribution < 1.29 is 19.0 Å². The largest absolute Gasteiger partial charge is 0.494 e. The van der Waals surface area contributed by atoms with Gasteiger partial charge in [-0.05, 0) is 33.0 Å². The Hall–Kier alpha value is -1.75. The summed E-state index contributed by atoms with van der Waals surface area (Å²) in [5.41, 5.74) is 0. The average molecular weight is 281 g/mol. The molecule has 5 heteroatoms. The maximum Gasteiger partial charge on any atom is 0.323 e. The highest BCUT2D eigenvalue weighted by molar-refractivity contribution is 5.75. The van der Waals surface area contributed by atoms with Crippen molar-refractivity contribution in [1.29, 1.82) is 0 Å². The first-order valence-electron chi connectivity index (χ1n) is 6.90. The van der Waals surface area contributed by atoms with Crippen LogP contribution in [0.3, 0.4) is 0 Å². The summed E-state index contributed by atoms with van der Waals surface area (Å²) in [6, 6.07) is 7.11. The van der Waals surface area contributed by atoms with Gasteiger partial charge in [-0.15, -0.1) is 0 Å². The second kappa shape index (κ2) is 9.20. The van der Waals surface area contributed by atoms with E-state index in [0.717, 1.165) is 11.5 Å². The van der Waals surface area contributed by atoms with Crippen LogP contribution in [0.5, 0.6) is 11.5 Å². The summed E-state index contributed by atoms with van der Waals surface area (Å²) in [6.45, 7) is 5.16. The van der Waals surface area contributed by atoms with Gasteiger partial charge in [0.1, 0.15) is 17.5 Å². The van der Waals surface area contributed by atoms with Gasteiger partial charge in [-0.3, -0.25) is 4.79 Å². The highest BCUT2D eigenvalue weighted by Crippen LogP contribution is 2.19. The Bertz CT molecular complexity index is 409. The quantitative estimate of drug-likeness (QED) is 0.702. The summed E-state index contributed by atoms with van der Waals surface area (Å²) in [5.74, 6) is 1.26. The lowest BCUT2D eigenvalue weighted by molar-refractivity contribution is -0.145. The third-order valence-electron chi connectivity index (χ3n) is 2.71. The van der Waals surface area contributed by atoms with Crippen molar-refractivity contribution in [2.24, 2.45) is 0 Å². The molecule has 0 aliphatic carbocycles. The molecular weight excluding hydrogens is 258 g/mol. The van der Waals surface area contributed by atoms with Gasteiger partial charge >= 0.3 is 5.97 Å². The Labute approximate surface area is 120 Å². The first-order chi connectivity index (χ1) is 9.71. The van der Waals surface area contributed by atoms with Crippen molar-refractivity contribution in [3.05, 3.63) is 24.3 Å². The van der Waals surface area contributed by atoms with E-state index in [4.69, 9.17) is 14.2 Å². The average Bonchev–Trinajstić information content (AvgIpc) is 2.44. The molecule has 0 saturated heterocycles. The highest BCUT2D eigenvalue weighted by atomic mass is 16.5. The first kappa shape index (κ1) is 16.3. The fourth-order valence-electron chi connectivity index (χ4n) is 1.74. The van der Waals surface area contributed by atoms with Crippen LogP contribution in [0, 0.1) is 0 Å². The number of hydrogen-bond donors (Lipinski definition) is 1. The molecule has 0 saturated carbocycles. The molecule has 0 aliphatic rings. The number of nitrogens with one attached hydrogen (secondary N) is 1. The van der Waals surface area contributed by atoms with Crippen LogP contribution in [0.1, 0.15) is 20.3 Å². The van der Waals surface area contributed by atoms with Crippen LogP contribution in [-0.4, -0.2) is 38.9 Å². The maximum atomic E-state index is 11.6. The molecule has 1 aromatic rings. The van der Waals surface area contributed by atoms with Gasteiger partial charge < -0.3 is 19.5 Å². The SMILES string of the molecule is CCOC(=O)C(CCOc1cccc(OCC)c1)NC. The van der Waals surface area contributed by atoms with Crippen LogP contribution < -0.4 is 14.8 Å². The molecule has 0 fully saturated rings. The van der Waals surface area contributed by atoms with Crippen molar-refractivity contribution in [2.75, 3.05) is 26.9 Å². The molecule has 1 unspecified atom stereocenters. The zero-order valence-electron chi connectivity index (χ0n) is 12.3. The Morgan fingerprint density at radius 2 is 1.90 bits per heavy atom. The summed E-state index contributed by atoms with van der Waals surface area (Å²) in [5, 5.41) is 2.93. The van der Waals surface area contributed by atoms with Crippen LogP contribution >= 0.6 is 0 Å². The molecule has 5 nitrogen and oxygen atoms in total. The number of rotatable bonds is 9. The van der Waals surface area contributed by atoms with Crippen LogP contribution in [0.2, 0.25) is 0 Å². The van der Waals surface area contributed by atoms with E-state index in [1.54, 1.807) is 14.0 Å². The van der Waals surface area contributed by atoms with Crippen LogP contribution in [0.25, 0.3) is 0 Å². The lowest BCUT2D eigenvalue weighted by Crippen LogP contribution is -2.36. The minimum atomic E-state index is -0.343. The molecule has 1 rings (SSSR count). The fourth-order valence-corrected chi connectivity index (χ4v) is 1.74. The van der Waals surface area contributed by atoms with E-state index in [1.807, 2.05) is 31.2 Å². The highest BCUT2D eigenvalue weighted by Gasteiger charge is 2.17. The molecule has 0 radical (unpaired) electrons. The zero-order valence-corrected chi connectivity index (χ0v) is 12.3. The van der Waals surface area contributed by atoms with Gasteiger partial charge in [-0.2, -0.15) is 0 Å². The Balaban J connectivity index is 2.42. The van der Waals surface area contributed by atoms with E-state index < -0.39 is 0 Å². The lowest BCUT2D eigenvalue weighted by atomic mass is 10.2. The molecule has 112 valence electrons. The molecule has 20 heavy (non-hydrogen) atoms. The predicted octanol–water partition coefficient (Wildman–Crippen LogP) is 2.01.